The third kappa shape index (κ3) is 2.68. The Morgan fingerprint density at radius 2 is 2.11 bits per heavy atom. The van der Waals surface area contributed by atoms with Crippen LogP contribution < -0.4 is 15.8 Å². The Morgan fingerprint density at radius 1 is 1.33 bits per heavy atom. The number of ether oxygens (including phenoxy) is 1. The van der Waals surface area contributed by atoms with Crippen LogP contribution in [0.15, 0.2) is 12.1 Å². The van der Waals surface area contributed by atoms with Crippen LogP contribution in [0.25, 0.3) is 0 Å². The van der Waals surface area contributed by atoms with E-state index >= 15 is 0 Å². The first-order chi connectivity index (χ1) is 8.61. The Morgan fingerprint density at radius 3 is 2.83 bits per heavy atom. The van der Waals surface area contributed by atoms with Crippen molar-refractivity contribution in [3.05, 3.63) is 12.1 Å². The van der Waals surface area contributed by atoms with Crippen LogP contribution in [-0.2, 0) is 0 Å². The normalized spacial score (nSPS) is 27.8. The minimum Gasteiger partial charge on any atom is -0.481 e. The summed E-state index contributed by atoms with van der Waals surface area (Å²) in [4.78, 5) is 4.39. The van der Waals surface area contributed by atoms with Crippen LogP contribution in [0.1, 0.15) is 33.1 Å². The molecule has 0 bridgehead atoms. The number of nitrogen functional groups attached to an aromatic ring is 1. The minimum absolute atomic E-state index is 0.454. The third-order valence-electron chi connectivity index (χ3n) is 4.14. The molecule has 100 valence electrons. The van der Waals surface area contributed by atoms with Crippen molar-refractivity contribution in [3.8, 4) is 5.88 Å². The van der Waals surface area contributed by atoms with Gasteiger partial charge in [0.25, 0.3) is 0 Å². The van der Waals surface area contributed by atoms with E-state index in [-0.39, 0.29) is 0 Å². The summed E-state index contributed by atoms with van der Waals surface area (Å²) in [5, 5.41) is 3.49. The smallest absolute Gasteiger partial charge is 0.215 e. The van der Waals surface area contributed by atoms with E-state index < -0.39 is 0 Å². The number of methoxy groups -OCH3 is 1. The standard InChI is InChI=1S/C14H23N3O/c1-9-5-4-6-12(10(9)2)16-14-11(15)7-8-13(17-14)18-3/h7-10,12H,4-6,15H2,1-3H3,(H,16,17). The van der Waals surface area contributed by atoms with Crippen LogP contribution in [0.3, 0.4) is 0 Å². The predicted octanol–water partition coefficient (Wildman–Crippen LogP) is 2.91. The zero-order valence-electron chi connectivity index (χ0n) is 11.4. The number of rotatable bonds is 3. The molecule has 3 atom stereocenters. The zero-order valence-corrected chi connectivity index (χ0v) is 11.4. The van der Waals surface area contributed by atoms with Crippen molar-refractivity contribution < 1.29 is 4.74 Å². The Hall–Kier alpha value is -1.45. The number of hydrogen-bond acceptors (Lipinski definition) is 4. The molecule has 1 saturated carbocycles. The lowest BCUT2D eigenvalue weighted by Gasteiger charge is -2.35. The lowest BCUT2D eigenvalue weighted by atomic mass is 9.78. The highest BCUT2D eigenvalue weighted by Gasteiger charge is 2.27. The maximum absolute atomic E-state index is 5.96. The predicted molar refractivity (Wildman–Crippen MR) is 74.8 cm³/mol. The van der Waals surface area contributed by atoms with Crippen molar-refractivity contribution in [2.75, 3.05) is 18.2 Å². The Kier molecular flexibility index (Phi) is 3.94. The quantitative estimate of drug-likeness (QED) is 0.864. The first-order valence-electron chi connectivity index (χ1n) is 6.69. The summed E-state index contributed by atoms with van der Waals surface area (Å²) in [5.41, 5.74) is 6.64. The highest BCUT2D eigenvalue weighted by atomic mass is 16.5. The van der Waals surface area contributed by atoms with Gasteiger partial charge in [0.2, 0.25) is 5.88 Å². The molecule has 1 aliphatic carbocycles. The van der Waals surface area contributed by atoms with Crippen molar-refractivity contribution in [2.45, 2.75) is 39.2 Å². The van der Waals surface area contributed by atoms with E-state index in [0.29, 0.717) is 23.5 Å². The summed E-state index contributed by atoms with van der Waals surface area (Å²) in [7, 11) is 1.62. The van der Waals surface area contributed by atoms with E-state index in [0.717, 1.165) is 11.7 Å². The van der Waals surface area contributed by atoms with E-state index in [1.54, 1.807) is 13.2 Å². The summed E-state index contributed by atoms with van der Waals surface area (Å²) in [6.45, 7) is 4.62. The largest absolute Gasteiger partial charge is 0.481 e. The van der Waals surface area contributed by atoms with E-state index in [2.05, 4.69) is 24.1 Å². The highest BCUT2D eigenvalue weighted by Crippen LogP contribution is 2.32. The number of nitrogens with zero attached hydrogens (tertiary/aromatic N) is 1. The molecule has 0 saturated heterocycles. The van der Waals surface area contributed by atoms with Gasteiger partial charge in [-0.25, -0.2) is 0 Å². The Bertz CT molecular complexity index is 408. The average molecular weight is 249 g/mol. The molecule has 1 heterocycles. The van der Waals surface area contributed by atoms with Gasteiger partial charge in [-0.1, -0.05) is 26.7 Å². The third-order valence-corrected chi connectivity index (χ3v) is 4.14. The lowest BCUT2D eigenvalue weighted by molar-refractivity contribution is 0.253. The summed E-state index contributed by atoms with van der Waals surface area (Å²) in [6, 6.07) is 4.08. The van der Waals surface area contributed by atoms with Crippen LogP contribution in [0.2, 0.25) is 0 Å². The topological polar surface area (TPSA) is 60.2 Å². The Balaban J connectivity index is 2.12. The van der Waals surface area contributed by atoms with Crippen molar-refractivity contribution >= 4 is 11.5 Å². The molecule has 2 rings (SSSR count). The molecule has 0 spiro atoms. The van der Waals surface area contributed by atoms with Gasteiger partial charge in [0.05, 0.1) is 12.8 Å². The molecule has 4 nitrogen and oxygen atoms in total. The van der Waals surface area contributed by atoms with Crippen molar-refractivity contribution in [3.63, 3.8) is 0 Å². The molecule has 3 N–H and O–H groups in total. The van der Waals surface area contributed by atoms with Crippen LogP contribution in [0, 0.1) is 11.8 Å². The second kappa shape index (κ2) is 5.46. The van der Waals surface area contributed by atoms with Crippen molar-refractivity contribution in [2.24, 2.45) is 11.8 Å². The van der Waals surface area contributed by atoms with Gasteiger partial charge in [-0.3, -0.25) is 0 Å². The fourth-order valence-corrected chi connectivity index (χ4v) is 2.64. The first kappa shape index (κ1) is 13.0. The van der Waals surface area contributed by atoms with E-state index in [9.17, 15) is 0 Å². The second-order valence-corrected chi connectivity index (χ2v) is 5.31. The van der Waals surface area contributed by atoms with E-state index in [4.69, 9.17) is 10.5 Å². The number of anilines is 2. The van der Waals surface area contributed by atoms with Crippen molar-refractivity contribution in [1.82, 2.24) is 4.98 Å². The van der Waals surface area contributed by atoms with Gasteiger partial charge in [0.1, 0.15) is 0 Å². The van der Waals surface area contributed by atoms with Crippen LogP contribution in [0.4, 0.5) is 11.5 Å². The molecule has 0 radical (unpaired) electrons. The fourth-order valence-electron chi connectivity index (χ4n) is 2.64. The zero-order chi connectivity index (χ0) is 13.1. The number of hydrogen-bond donors (Lipinski definition) is 2. The van der Waals surface area contributed by atoms with Gasteiger partial charge in [-0.2, -0.15) is 4.98 Å². The minimum atomic E-state index is 0.454. The van der Waals surface area contributed by atoms with Crippen molar-refractivity contribution in [1.29, 1.82) is 0 Å². The molecule has 4 heteroatoms. The second-order valence-electron chi connectivity index (χ2n) is 5.31. The monoisotopic (exact) mass is 249 g/mol. The SMILES string of the molecule is COc1ccc(N)c(NC2CCCC(C)C2C)n1. The number of nitrogens with two attached hydrogens (primary N) is 1. The molecular weight excluding hydrogens is 226 g/mol. The lowest BCUT2D eigenvalue weighted by Crippen LogP contribution is -2.35. The van der Waals surface area contributed by atoms with Gasteiger partial charge in [-0.15, -0.1) is 0 Å². The van der Waals surface area contributed by atoms with E-state index in [1.165, 1.54) is 19.3 Å². The Labute approximate surface area is 109 Å². The molecule has 1 aromatic heterocycles. The molecule has 1 fully saturated rings. The van der Waals surface area contributed by atoms with Gasteiger partial charge in [-0.05, 0) is 24.3 Å². The molecule has 0 aromatic carbocycles. The highest BCUT2D eigenvalue weighted by molar-refractivity contribution is 5.62. The molecule has 0 amide bonds. The van der Waals surface area contributed by atoms with Crippen LogP contribution in [-0.4, -0.2) is 18.1 Å². The maximum atomic E-state index is 5.96. The molecule has 18 heavy (non-hydrogen) atoms. The molecule has 1 aliphatic rings. The number of aromatic nitrogens is 1. The summed E-state index contributed by atoms with van der Waals surface area (Å²) >= 11 is 0. The molecule has 0 aliphatic heterocycles. The van der Waals surface area contributed by atoms with Gasteiger partial charge >= 0.3 is 0 Å². The number of pyridine rings is 1. The average Bonchev–Trinajstić information content (AvgIpc) is 2.37. The summed E-state index contributed by atoms with van der Waals surface area (Å²) < 4.78 is 5.14. The first-order valence-corrected chi connectivity index (χ1v) is 6.69. The van der Waals surface area contributed by atoms with Crippen LogP contribution in [0.5, 0.6) is 5.88 Å². The van der Waals surface area contributed by atoms with Gasteiger partial charge in [0, 0.05) is 12.1 Å². The molecule has 1 aromatic rings. The molecule has 3 unspecified atom stereocenters. The fraction of sp³-hybridized carbons (Fsp3) is 0.643. The van der Waals surface area contributed by atoms with Gasteiger partial charge < -0.3 is 15.8 Å². The maximum Gasteiger partial charge on any atom is 0.215 e. The van der Waals surface area contributed by atoms with E-state index in [1.807, 2.05) is 6.07 Å². The molecular formula is C14H23N3O. The van der Waals surface area contributed by atoms with Crippen LogP contribution >= 0.6 is 0 Å². The number of nitrogens with one attached hydrogen (secondary N) is 1. The summed E-state index contributed by atoms with van der Waals surface area (Å²) in [6.07, 6.45) is 3.78. The summed E-state index contributed by atoms with van der Waals surface area (Å²) in [5.74, 6) is 2.75. The van der Waals surface area contributed by atoms with Gasteiger partial charge in [0.15, 0.2) is 5.82 Å².